The van der Waals surface area contributed by atoms with Crippen LogP contribution in [0.15, 0.2) is 17.5 Å². The van der Waals surface area contributed by atoms with Crippen LogP contribution in [0.25, 0.3) is 0 Å². The summed E-state index contributed by atoms with van der Waals surface area (Å²) in [5, 5.41) is 5.12. The SMILES string of the molecule is CC(C)C[C@@H](C(=O)NC1CCCCC1)N(Cc1cccs1)C(=O)c1snc(C(N)=O)c1N. The van der Waals surface area contributed by atoms with Crippen LogP contribution in [0.2, 0.25) is 0 Å². The van der Waals surface area contributed by atoms with Gasteiger partial charge in [0, 0.05) is 10.9 Å². The standard InChI is InChI=1S/C22H31N5O3S2/c1-13(2)11-16(21(29)25-14-7-4-3-5-8-14)27(12-15-9-6-10-31-15)22(30)19-17(23)18(20(24)28)26-32-19/h6,9-10,13-14,16H,3-5,7-8,11-12,23H2,1-2H3,(H2,24,28)(H,25,29)/t16-/m0/s1. The lowest BCUT2D eigenvalue weighted by molar-refractivity contribution is -0.127. The second-order valence-electron chi connectivity index (χ2n) is 8.64. The number of nitrogen functional groups attached to an aromatic ring is 1. The fraction of sp³-hybridized carbons (Fsp3) is 0.545. The van der Waals surface area contributed by atoms with Crippen LogP contribution in [-0.4, -0.2) is 39.1 Å². The number of carbonyl (C=O) groups is 3. The Bertz CT molecular complexity index is 936. The Morgan fingerprint density at radius 3 is 2.53 bits per heavy atom. The van der Waals surface area contributed by atoms with E-state index < -0.39 is 17.9 Å². The molecule has 10 heteroatoms. The number of amides is 3. The Kier molecular flexibility index (Phi) is 8.25. The third-order valence-corrected chi connectivity index (χ3v) is 7.36. The number of aromatic nitrogens is 1. The molecule has 0 aliphatic heterocycles. The minimum atomic E-state index is -0.781. The summed E-state index contributed by atoms with van der Waals surface area (Å²) >= 11 is 2.36. The molecule has 32 heavy (non-hydrogen) atoms. The molecule has 2 aromatic heterocycles. The maximum absolute atomic E-state index is 13.6. The number of hydrogen-bond acceptors (Lipinski definition) is 7. The maximum Gasteiger partial charge on any atom is 0.270 e. The van der Waals surface area contributed by atoms with Crippen LogP contribution in [0.5, 0.6) is 0 Å². The summed E-state index contributed by atoms with van der Waals surface area (Å²) in [6.07, 6.45) is 5.83. The first-order chi connectivity index (χ1) is 15.3. The average molecular weight is 478 g/mol. The van der Waals surface area contributed by atoms with Gasteiger partial charge in [-0.1, -0.05) is 39.2 Å². The van der Waals surface area contributed by atoms with Gasteiger partial charge in [-0.05, 0) is 48.2 Å². The van der Waals surface area contributed by atoms with E-state index >= 15 is 0 Å². The van der Waals surface area contributed by atoms with E-state index in [1.165, 1.54) is 17.8 Å². The lowest BCUT2D eigenvalue weighted by Crippen LogP contribution is -2.52. The molecule has 2 aromatic rings. The van der Waals surface area contributed by atoms with Crippen LogP contribution in [0.1, 0.15) is 77.4 Å². The molecule has 3 amide bonds. The van der Waals surface area contributed by atoms with Gasteiger partial charge in [0.1, 0.15) is 10.9 Å². The summed E-state index contributed by atoms with van der Waals surface area (Å²) in [7, 11) is 0. The van der Waals surface area contributed by atoms with E-state index in [-0.39, 0.29) is 40.7 Å². The predicted octanol–water partition coefficient (Wildman–Crippen LogP) is 3.39. The number of primary amides is 1. The Labute approximate surface area is 196 Å². The van der Waals surface area contributed by atoms with Crippen molar-refractivity contribution in [2.24, 2.45) is 11.7 Å². The molecule has 1 fully saturated rings. The highest BCUT2D eigenvalue weighted by molar-refractivity contribution is 7.10. The Balaban J connectivity index is 1.93. The van der Waals surface area contributed by atoms with Crippen LogP contribution in [0, 0.1) is 5.92 Å². The zero-order chi connectivity index (χ0) is 23.3. The molecule has 1 aliphatic rings. The van der Waals surface area contributed by atoms with Crippen LogP contribution >= 0.6 is 22.9 Å². The van der Waals surface area contributed by atoms with E-state index in [0.717, 1.165) is 42.1 Å². The summed E-state index contributed by atoms with van der Waals surface area (Å²) < 4.78 is 3.97. The van der Waals surface area contributed by atoms with E-state index in [0.29, 0.717) is 6.42 Å². The Morgan fingerprint density at radius 1 is 1.25 bits per heavy atom. The minimum absolute atomic E-state index is 0.0281. The molecular formula is C22H31N5O3S2. The van der Waals surface area contributed by atoms with Crippen molar-refractivity contribution in [2.45, 2.75) is 71.0 Å². The predicted molar refractivity (Wildman–Crippen MR) is 127 cm³/mol. The zero-order valence-electron chi connectivity index (χ0n) is 18.5. The topological polar surface area (TPSA) is 131 Å². The number of hydrogen-bond donors (Lipinski definition) is 3. The largest absolute Gasteiger partial charge is 0.395 e. The zero-order valence-corrected chi connectivity index (χ0v) is 20.1. The lowest BCUT2D eigenvalue weighted by atomic mass is 9.94. The van der Waals surface area contributed by atoms with Crippen molar-refractivity contribution in [3.8, 4) is 0 Å². The van der Waals surface area contributed by atoms with Crippen LogP contribution in [0.4, 0.5) is 5.69 Å². The average Bonchev–Trinajstić information content (AvgIpc) is 3.40. The van der Waals surface area contributed by atoms with Gasteiger partial charge in [-0.15, -0.1) is 11.3 Å². The second kappa shape index (κ2) is 10.9. The van der Waals surface area contributed by atoms with Gasteiger partial charge in [-0.25, -0.2) is 0 Å². The van der Waals surface area contributed by atoms with Gasteiger partial charge >= 0.3 is 0 Å². The van der Waals surface area contributed by atoms with E-state index in [2.05, 4.69) is 9.69 Å². The Morgan fingerprint density at radius 2 is 1.97 bits per heavy atom. The first-order valence-electron chi connectivity index (χ1n) is 11.0. The summed E-state index contributed by atoms with van der Waals surface area (Å²) in [5.41, 5.74) is 11.2. The van der Waals surface area contributed by atoms with Crippen molar-refractivity contribution in [1.29, 1.82) is 0 Å². The molecule has 0 spiro atoms. The number of anilines is 1. The number of nitrogens with one attached hydrogen (secondary N) is 1. The fourth-order valence-electron chi connectivity index (χ4n) is 4.02. The number of rotatable bonds is 9. The van der Waals surface area contributed by atoms with Gasteiger partial charge in [0.05, 0.1) is 12.2 Å². The quantitative estimate of drug-likeness (QED) is 0.509. The van der Waals surface area contributed by atoms with Gasteiger partial charge in [0.2, 0.25) is 5.91 Å². The van der Waals surface area contributed by atoms with Crippen molar-refractivity contribution in [3.63, 3.8) is 0 Å². The number of thiophene rings is 1. The molecule has 5 N–H and O–H groups in total. The summed E-state index contributed by atoms with van der Waals surface area (Å²) in [4.78, 5) is 41.3. The van der Waals surface area contributed by atoms with Crippen molar-refractivity contribution in [1.82, 2.24) is 14.6 Å². The molecule has 0 radical (unpaired) electrons. The van der Waals surface area contributed by atoms with Crippen molar-refractivity contribution >= 4 is 46.3 Å². The molecule has 8 nitrogen and oxygen atoms in total. The second-order valence-corrected chi connectivity index (χ2v) is 10.4. The highest BCUT2D eigenvalue weighted by Crippen LogP contribution is 2.28. The molecule has 0 aromatic carbocycles. The maximum atomic E-state index is 13.6. The molecule has 1 aliphatic carbocycles. The molecule has 1 saturated carbocycles. The summed E-state index contributed by atoms with van der Waals surface area (Å²) in [6.45, 7) is 4.33. The van der Waals surface area contributed by atoms with E-state index in [9.17, 15) is 14.4 Å². The number of carbonyl (C=O) groups excluding carboxylic acids is 3. The van der Waals surface area contributed by atoms with Gasteiger partial charge in [0.25, 0.3) is 11.8 Å². The molecule has 0 bridgehead atoms. The van der Waals surface area contributed by atoms with E-state index in [4.69, 9.17) is 11.5 Å². The smallest absolute Gasteiger partial charge is 0.270 e. The van der Waals surface area contributed by atoms with Gasteiger partial charge < -0.3 is 21.7 Å². The molecule has 0 saturated heterocycles. The van der Waals surface area contributed by atoms with Crippen molar-refractivity contribution < 1.29 is 14.4 Å². The monoisotopic (exact) mass is 477 g/mol. The first-order valence-corrected chi connectivity index (χ1v) is 12.6. The van der Waals surface area contributed by atoms with Crippen molar-refractivity contribution in [2.75, 3.05) is 5.73 Å². The molecule has 0 unspecified atom stereocenters. The van der Waals surface area contributed by atoms with Crippen LogP contribution in [0.3, 0.4) is 0 Å². The number of nitrogens with zero attached hydrogens (tertiary/aromatic N) is 2. The molecule has 2 heterocycles. The minimum Gasteiger partial charge on any atom is -0.395 e. The van der Waals surface area contributed by atoms with Crippen molar-refractivity contribution in [3.05, 3.63) is 33.0 Å². The van der Waals surface area contributed by atoms with Gasteiger partial charge in [-0.3, -0.25) is 14.4 Å². The third-order valence-electron chi connectivity index (χ3n) is 5.65. The van der Waals surface area contributed by atoms with E-state index in [1.807, 2.05) is 31.4 Å². The molecule has 1 atom stereocenters. The molecule has 174 valence electrons. The molecular weight excluding hydrogens is 446 g/mol. The third kappa shape index (κ3) is 5.86. The Hall–Kier alpha value is -2.46. The number of nitrogens with two attached hydrogens (primary N) is 2. The normalized spacial score (nSPS) is 15.5. The lowest BCUT2D eigenvalue weighted by Gasteiger charge is -2.33. The van der Waals surface area contributed by atoms with Gasteiger partial charge in [0.15, 0.2) is 5.69 Å². The van der Waals surface area contributed by atoms with Crippen LogP contribution < -0.4 is 16.8 Å². The highest BCUT2D eigenvalue weighted by Gasteiger charge is 2.35. The molecule has 3 rings (SSSR count). The van der Waals surface area contributed by atoms with Gasteiger partial charge in [-0.2, -0.15) is 4.37 Å². The first kappa shape index (κ1) is 24.2. The summed E-state index contributed by atoms with van der Waals surface area (Å²) in [5.74, 6) is -1.15. The van der Waals surface area contributed by atoms with Crippen LogP contribution in [-0.2, 0) is 11.3 Å². The summed E-state index contributed by atoms with van der Waals surface area (Å²) in [6, 6.07) is 3.32. The fourth-order valence-corrected chi connectivity index (χ4v) is 5.48. The van der Waals surface area contributed by atoms with E-state index in [1.54, 1.807) is 4.90 Å². The highest BCUT2D eigenvalue weighted by atomic mass is 32.1.